The maximum Gasteiger partial charge on any atom is 0.292 e. The molecule has 5 nitrogen and oxygen atoms in total. The zero-order chi connectivity index (χ0) is 15.6. The number of nitro benzene ring substituents is 1. The molecule has 0 saturated heterocycles. The molecule has 2 aromatic rings. The first-order valence-corrected chi connectivity index (χ1v) is 7.23. The highest BCUT2D eigenvalue weighted by Crippen LogP contribution is 2.34. The van der Waals surface area contributed by atoms with Gasteiger partial charge in [-0.2, -0.15) is 0 Å². The van der Waals surface area contributed by atoms with E-state index in [0.29, 0.717) is 25.8 Å². The molecule has 2 rings (SSSR count). The van der Waals surface area contributed by atoms with Crippen LogP contribution in [0.25, 0.3) is 0 Å². The van der Waals surface area contributed by atoms with Gasteiger partial charge in [-0.25, -0.2) is 0 Å². The maximum absolute atomic E-state index is 10.7. The lowest BCUT2D eigenvalue weighted by atomic mass is 10.2. The Morgan fingerprint density at radius 2 is 1.95 bits per heavy atom. The molecule has 0 bridgehead atoms. The predicted molar refractivity (Wildman–Crippen MR) is 86.0 cm³/mol. The molecule has 2 N–H and O–H groups in total. The summed E-state index contributed by atoms with van der Waals surface area (Å²) in [7, 11) is 0. The number of halogens is 3. The van der Waals surface area contributed by atoms with Crippen LogP contribution in [0.4, 0.5) is 11.4 Å². The van der Waals surface area contributed by atoms with Gasteiger partial charge in [0.1, 0.15) is 18.0 Å². The van der Waals surface area contributed by atoms with Gasteiger partial charge < -0.3 is 10.5 Å². The zero-order valence-electron chi connectivity index (χ0n) is 10.5. The molecule has 0 saturated carbocycles. The van der Waals surface area contributed by atoms with Crippen molar-refractivity contribution in [2.45, 2.75) is 6.61 Å². The van der Waals surface area contributed by atoms with E-state index in [9.17, 15) is 10.1 Å². The molecule has 0 amide bonds. The predicted octanol–water partition coefficient (Wildman–Crippen LogP) is 4.83. The highest BCUT2D eigenvalue weighted by molar-refractivity contribution is 9.10. The summed E-state index contributed by atoms with van der Waals surface area (Å²) in [6, 6.07) is 7.62. The Hall–Kier alpha value is -1.50. The number of ether oxygens (including phenoxy) is 1. The fourth-order valence-electron chi connectivity index (χ4n) is 1.64. The highest BCUT2D eigenvalue weighted by Gasteiger charge is 2.12. The summed E-state index contributed by atoms with van der Waals surface area (Å²) in [4.78, 5) is 10.1. The molecule has 0 atom stereocenters. The average Bonchev–Trinajstić information content (AvgIpc) is 2.41. The second kappa shape index (κ2) is 6.51. The van der Waals surface area contributed by atoms with Gasteiger partial charge >= 0.3 is 0 Å². The Morgan fingerprint density at radius 3 is 2.57 bits per heavy atom. The molecular weight excluding hydrogens is 383 g/mol. The lowest BCUT2D eigenvalue weighted by molar-refractivity contribution is -0.383. The van der Waals surface area contributed by atoms with E-state index in [-0.39, 0.29) is 18.0 Å². The maximum atomic E-state index is 10.7. The van der Waals surface area contributed by atoms with E-state index in [1.807, 2.05) is 0 Å². The van der Waals surface area contributed by atoms with Crippen LogP contribution < -0.4 is 10.5 Å². The van der Waals surface area contributed by atoms with E-state index >= 15 is 0 Å². The van der Waals surface area contributed by atoms with Crippen molar-refractivity contribution in [2.24, 2.45) is 0 Å². The van der Waals surface area contributed by atoms with Gasteiger partial charge in [0.15, 0.2) is 0 Å². The van der Waals surface area contributed by atoms with E-state index < -0.39 is 4.92 Å². The zero-order valence-corrected chi connectivity index (χ0v) is 13.6. The molecule has 0 fully saturated rings. The third-order valence-electron chi connectivity index (χ3n) is 2.66. The SMILES string of the molecule is Nc1cc(COc2cc(Cl)c(Br)cc2Cl)ccc1[N+](=O)[O-]. The molecule has 0 radical (unpaired) electrons. The number of hydrogen-bond donors (Lipinski definition) is 1. The van der Waals surface area contributed by atoms with Crippen molar-refractivity contribution in [3.8, 4) is 5.75 Å². The lowest BCUT2D eigenvalue weighted by Crippen LogP contribution is -2.00. The third kappa shape index (κ3) is 3.78. The van der Waals surface area contributed by atoms with Crippen LogP contribution in [-0.4, -0.2) is 4.92 Å². The van der Waals surface area contributed by atoms with Crippen molar-refractivity contribution < 1.29 is 9.66 Å². The number of benzene rings is 2. The number of anilines is 1. The molecule has 0 aliphatic heterocycles. The molecule has 8 heteroatoms. The number of nitrogens with zero attached hydrogens (tertiary/aromatic N) is 1. The number of nitrogens with two attached hydrogens (primary N) is 1. The number of hydrogen-bond acceptors (Lipinski definition) is 4. The van der Waals surface area contributed by atoms with E-state index in [1.54, 1.807) is 18.2 Å². The highest BCUT2D eigenvalue weighted by atomic mass is 79.9. The Morgan fingerprint density at radius 1 is 1.24 bits per heavy atom. The van der Waals surface area contributed by atoms with Gasteiger partial charge in [-0.15, -0.1) is 0 Å². The first-order valence-electron chi connectivity index (χ1n) is 5.68. The molecule has 0 unspecified atom stereocenters. The molecule has 0 heterocycles. The number of rotatable bonds is 4. The van der Waals surface area contributed by atoms with Crippen molar-refractivity contribution in [3.63, 3.8) is 0 Å². The first kappa shape index (κ1) is 15.9. The fraction of sp³-hybridized carbons (Fsp3) is 0.0769. The normalized spacial score (nSPS) is 10.4. The fourth-order valence-corrected chi connectivity index (χ4v) is 2.48. The van der Waals surface area contributed by atoms with E-state index in [0.717, 1.165) is 0 Å². The van der Waals surface area contributed by atoms with Crippen molar-refractivity contribution in [2.75, 3.05) is 5.73 Å². The molecule has 0 aliphatic rings. The van der Waals surface area contributed by atoms with Crippen LogP contribution in [0.15, 0.2) is 34.8 Å². The monoisotopic (exact) mass is 390 g/mol. The van der Waals surface area contributed by atoms with Gasteiger partial charge in [-0.1, -0.05) is 23.2 Å². The number of nitro groups is 1. The topological polar surface area (TPSA) is 78.4 Å². The van der Waals surface area contributed by atoms with Crippen LogP contribution >= 0.6 is 39.1 Å². The minimum Gasteiger partial charge on any atom is -0.487 e. The van der Waals surface area contributed by atoms with Gasteiger partial charge in [0.05, 0.1) is 15.0 Å². The van der Waals surface area contributed by atoms with Crippen LogP contribution in [0.5, 0.6) is 5.75 Å². The van der Waals surface area contributed by atoms with Crippen LogP contribution in [0.1, 0.15) is 5.56 Å². The van der Waals surface area contributed by atoms with Crippen LogP contribution in [0.2, 0.25) is 10.0 Å². The molecule has 0 aliphatic carbocycles. The van der Waals surface area contributed by atoms with E-state index in [4.69, 9.17) is 33.7 Å². The Balaban J connectivity index is 2.15. The Bertz CT molecular complexity index is 710. The second-order valence-electron chi connectivity index (χ2n) is 4.14. The summed E-state index contributed by atoms with van der Waals surface area (Å²) < 4.78 is 6.22. The Kier molecular flexibility index (Phi) is 4.92. The summed E-state index contributed by atoms with van der Waals surface area (Å²) in [5.74, 6) is 0.418. The summed E-state index contributed by atoms with van der Waals surface area (Å²) in [6.45, 7) is 0.167. The smallest absolute Gasteiger partial charge is 0.292 e. The average molecular weight is 392 g/mol. The minimum atomic E-state index is -0.536. The number of nitrogen functional groups attached to an aromatic ring is 1. The van der Waals surface area contributed by atoms with Crippen molar-refractivity contribution in [1.29, 1.82) is 0 Å². The largest absolute Gasteiger partial charge is 0.487 e. The lowest BCUT2D eigenvalue weighted by Gasteiger charge is -2.10. The molecule has 110 valence electrons. The molecule has 0 aromatic heterocycles. The van der Waals surface area contributed by atoms with Crippen LogP contribution in [0, 0.1) is 10.1 Å². The Labute approximate surface area is 138 Å². The van der Waals surface area contributed by atoms with Gasteiger partial charge in [-0.05, 0) is 39.7 Å². The second-order valence-corrected chi connectivity index (χ2v) is 5.80. The van der Waals surface area contributed by atoms with Crippen LogP contribution in [0.3, 0.4) is 0 Å². The van der Waals surface area contributed by atoms with Crippen LogP contribution in [-0.2, 0) is 6.61 Å². The quantitative estimate of drug-likeness (QED) is 0.350. The summed E-state index contributed by atoms with van der Waals surface area (Å²) >= 11 is 15.3. The van der Waals surface area contributed by atoms with Crippen molar-refractivity contribution in [3.05, 3.63) is 60.5 Å². The first-order chi connectivity index (χ1) is 9.88. The third-order valence-corrected chi connectivity index (χ3v) is 4.15. The van der Waals surface area contributed by atoms with Crippen molar-refractivity contribution >= 4 is 50.5 Å². The van der Waals surface area contributed by atoms with Gasteiger partial charge in [0.2, 0.25) is 0 Å². The molecule has 0 spiro atoms. The van der Waals surface area contributed by atoms with Gasteiger partial charge in [-0.3, -0.25) is 10.1 Å². The van der Waals surface area contributed by atoms with Gasteiger partial charge in [0.25, 0.3) is 5.69 Å². The van der Waals surface area contributed by atoms with Gasteiger partial charge in [0, 0.05) is 16.6 Å². The standard InChI is InChI=1S/C13H9BrCl2N2O3/c14-8-4-10(16)13(5-9(8)15)21-6-7-1-2-12(18(19)20)11(17)3-7/h1-5H,6,17H2. The molecule has 21 heavy (non-hydrogen) atoms. The summed E-state index contributed by atoms with van der Waals surface area (Å²) in [5.41, 5.74) is 6.25. The minimum absolute atomic E-state index is 0.0843. The van der Waals surface area contributed by atoms with Crippen molar-refractivity contribution in [1.82, 2.24) is 0 Å². The summed E-state index contributed by atoms with van der Waals surface area (Å²) in [5, 5.41) is 11.6. The van der Waals surface area contributed by atoms with E-state index in [2.05, 4.69) is 15.9 Å². The molecule has 2 aromatic carbocycles. The molecular formula is C13H9BrCl2N2O3. The van der Waals surface area contributed by atoms with E-state index in [1.165, 1.54) is 12.1 Å². The summed E-state index contributed by atoms with van der Waals surface area (Å²) in [6.07, 6.45) is 0.